The fourth-order valence-corrected chi connectivity index (χ4v) is 4.47. The van der Waals surface area contributed by atoms with Crippen molar-refractivity contribution >= 4 is 40.3 Å². The summed E-state index contributed by atoms with van der Waals surface area (Å²) in [7, 11) is 0. The molecule has 4 rings (SSSR count). The van der Waals surface area contributed by atoms with E-state index in [1.54, 1.807) is 72.8 Å². The molecule has 0 spiro atoms. The van der Waals surface area contributed by atoms with Crippen LogP contribution in [0.1, 0.15) is 27.7 Å². The number of anilines is 1. The molecule has 0 aliphatic heterocycles. The van der Waals surface area contributed by atoms with Crippen LogP contribution in [0.5, 0.6) is 5.75 Å². The standard InChI is InChI=1S/C30H28N4O7/c31-30(32)33-21-11-9-19(10-12-21)29(40)41-22-13-14-23-20(16-22)7-4-8-24(23)27(37)34(17-26(35)36)25(28(38)39)15-18-5-2-1-3-6-18/h1-14,16,25,27,37H,15,17H2,(H,35,36)(H,38,39)(H4,31,32,33)/t25-,27?/m0/s1. The Bertz CT molecular complexity index is 1580. The van der Waals surface area contributed by atoms with Crippen molar-refractivity contribution in [1.82, 2.24) is 4.90 Å². The van der Waals surface area contributed by atoms with Gasteiger partial charge in [-0.1, -0.05) is 54.6 Å². The van der Waals surface area contributed by atoms with E-state index >= 15 is 0 Å². The van der Waals surface area contributed by atoms with Gasteiger partial charge < -0.3 is 31.1 Å². The van der Waals surface area contributed by atoms with Crippen LogP contribution in [0.4, 0.5) is 5.69 Å². The van der Waals surface area contributed by atoms with Crippen LogP contribution in [0.25, 0.3) is 10.8 Å². The van der Waals surface area contributed by atoms with Crippen LogP contribution in [0.2, 0.25) is 0 Å². The van der Waals surface area contributed by atoms with Crippen molar-refractivity contribution in [3.63, 3.8) is 0 Å². The number of aliphatic hydroxyl groups excluding tert-OH is 1. The molecular weight excluding hydrogens is 528 g/mol. The van der Waals surface area contributed by atoms with Gasteiger partial charge in [0.05, 0.1) is 12.1 Å². The molecule has 0 saturated carbocycles. The Morgan fingerprint density at radius 1 is 0.927 bits per heavy atom. The number of hydrogen-bond acceptors (Lipinski definition) is 7. The number of rotatable bonds is 11. The molecule has 11 nitrogen and oxygen atoms in total. The van der Waals surface area contributed by atoms with Crippen LogP contribution < -0.4 is 15.8 Å². The molecule has 0 heterocycles. The monoisotopic (exact) mass is 556 g/mol. The summed E-state index contributed by atoms with van der Waals surface area (Å²) in [4.78, 5) is 37.7. The van der Waals surface area contributed by atoms with Gasteiger partial charge in [-0.2, -0.15) is 0 Å². The van der Waals surface area contributed by atoms with E-state index in [-0.39, 0.29) is 23.7 Å². The number of ether oxygens (including phenoxy) is 1. The fraction of sp³-hybridized carbons (Fsp3) is 0.133. The third kappa shape index (κ3) is 7.24. The summed E-state index contributed by atoms with van der Waals surface area (Å²) >= 11 is 0. The molecule has 2 atom stereocenters. The molecule has 41 heavy (non-hydrogen) atoms. The molecule has 210 valence electrons. The topological polar surface area (TPSA) is 186 Å². The van der Waals surface area contributed by atoms with Crippen molar-refractivity contribution in [2.75, 3.05) is 11.9 Å². The summed E-state index contributed by atoms with van der Waals surface area (Å²) in [6.45, 7) is -0.711. The van der Waals surface area contributed by atoms with E-state index in [2.05, 4.69) is 5.32 Å². The van der Waals surface area contributed by atoms with Gasteiger partial charge in [0.1, 0.15) is 18.0 Å². The Hall–Kier alpha value is -5.26. The normalized spacial score (nSPS) is 12.4. The minimum atomic E-state index is -1.56. The Morgan fingerprint density at radius 3 is 2.27 bits per heavy atom. The highest BCUT2D eigenvalue weighted by molar-refractivity contribution is 5.94. The number of aliphatic carboxylic acids is 2. The Balaban J connectivity index is 1.60. The summed E-state index contributed by atoms with van der Waals surface area (Å²) in [5.41, 5.74) is 7.09. The van der Waals surface area contributed by atoms with Crippen LogP contribution in [-0.4, -0.2) is 56.7 Å². The number of nitrogens with zero attached hydrogens (tertiary/aromatic N) is 1. The Labute approximate surface area is 234 Å². The lowest BCUT2D eigenvalue weighted by molar-refractivity contribution is -0.154. The number of hydrogen-bond donors (Lipinski definition) is 6. The van der Waals surface area contributed by atoms with Crippen molar-refractivity contribution in [2.24, 2.45) is 5.73 Å². The molecule has 4 aromatic carbocycles. The van der Waals surface area contributed by atoms with Crippen LogP contribution in [0.15, 0.2) is 91.0 Å². The van der Waals surface area contributed by atoms with E-state index < -0.39 is 36.7 Å². The minimum absolute atomic E-state index is 0.0167. The maximum Gasteiger partial charge on any atom is 0.343 e. The summed E-state index contributed by atoms with van der Waals surface area (Å²) in [6, 6.07) is 23.3. The number of guanidine groups is 1. The molecular formula is C30H28N4O7. The van der Waals surface area contributed by atoms with Crippen molar-refractivity contribution in [1.29, 1.82) is 5.41 Å². The first kappa shape index (κ1) is 28.7. The number of benzene rings is 4. The van der Waals surface area contributed by atoms with E-state index in [0.29, 0.717) is 27.6 Å². The van der Waals surface area contributed by atoms with Crippen LogP contribution >= 0.6 is 0 Å². The second-order valence-corrected chi connectivity index (χ2v) is 9.22. The molecule has 1 unspecified atom stereocenters. The van der Waals surface area contributed by atoms with E-state index in [4.69, 9.17) is 15.9 Å². The highest BCUT2D eigenvalue weighted by Gasteiger charge is 2.33. The zero-order chi connectivity index (χ0) is 29.5. The van der Waals surface area contributed by atoms with Gasteiger partial charge in [0.25, 0.3) is 0 Å². The number of carboxylic acids is 2. The summed E-state index contributed by atoms with van der Waals surface area (Å²) in [5, 5.41) is 41.9. The van der Waals surface area contributed by atoms with Gasteiger partial charge in [-0.25, -0.2) is 9.69 Å². The summed E-state index contributed by atoms with van der Waals surface area (Å²) < 4.78 is 5.51. The van der Waals surface area contributed by atoms with Gasteiger partial charge in [0.2, 0.25) is 0 Å². The van der Waals surface area contributed by atoms with Gasteiger partial charge in [0.15, 0.2) is 5.96 Å². The van der Waals surface area contributed by atoms with Gasteiger partial charge in [-0.15, -0.1) is 0 Å². The van der Waals surface area contributed by atoms with Crippen molar-refractivity contribution < 1.29 is 34.4 Å². The lowest BCUT2D eigenvalue weighted by Crippen LogP contribution is -2.47. The van der Waals surface area contributed by atoms with Crippen molar-refractivity contribution in [3.8, 4) is 5.75 Å². The highest BCUT2D eigenvalue weighted by atomic mass is 16.5. The predicted octanol–water partition coefficient (Wildman–Crippen LogP) is 3.44. The first-order chi connectivity index (χ1) is 19.6. The average Bonchev–Trinajstić information content (AvgIpc) is 2.94. The fourth-order valence-electron chi connectivity index (χ4n) is 4.47. The smallest absolute Gasteiger partial charge is 0.343 e. The SMILES string of the molecule is N=C(N)Nc1ccc(C(=O)Oc2ccc3c(C(O)N(CC(=O)O)[C@@H](Cc4ccccc4)C(=O)O)cccc3c2)cc1. The summed E-state index contributed by atoms with van der Waals surface area (Å²) in [5.74, 6) is -3.18. The number of fused-ring (bicyclic) bond motifs is 1. The van der Waals surface area contributed by atoms with Crippen molar-refractivity contribution in [3.05, 3.63) is 108 Å². The quantitative estimate of drug-likeness (QED) is 0.0525. The maximum absolute atomic E-state index is 12.7. The number of esters is 1. The zero-order valence-electron chi connectivity index (χ0n) is 21.7. The number of nitrogens with two attached hydrogens (primary N) is 1. The molecule has 0 amide bonds. The second-order valence-electron chi connectivity index (χ2n) is 9.22. The Morgan fingerprint density at radius 2 is 1.63 bits per heavy atom. The van der Waals surface area contributed by atoms with E-state index in [1.165, 1.54) is 18.2 Å². The maximum atomic E-state index is 12.7. The van der Waals surface area contributed by atoms with E-state index in [1.807, 2.05) is 0 Å². The van der Waals surface area contributed by atoms with Crippen LogP contribution in [0, 0.1) is 5.41 Å². The largest absolute Gasteiger partial charge is 0.480 e. The van der Waals surface area contributed by atoms with Gasteiger partial charge in [0, 0.05) is 11.3 Å². The first-order valence-corrected chi connectivity index (χ1v) is 12.5. The average molecular weight is 557 g/mol. The molecule has 0 aliphatic carbocycles. The van der Waals surface area contributed by atoms with E-state index in [0.717, 1.165) is 4.90 Å². The molecule has 0 aliphatic rings. The number of carbonyl (C=O) groups excluding carboxylic acids is 1. The zero-order valence-corrected chi connectivity index (χ0v) is 21.7. The molecule has 0 saturated heterocycles. The Kier molecular flexibility index (Phi) is 8.92. The molecule has 11 heteroatoms. The van der Waals surface area contributed by atoms with Gasteiger partial charge in [-0.3, -0.25) is 15.0 Å². The van der Waals surface area contributed by atoms with Gasteiger partial charge in [-0.05, 0) is 59.2 Å². The third-order valence-electron chi connectivity index (χ3n) is 6.36. The molecule has 0 bridgehead atoms. The number of nitrogens with one attached hydrogen (secondary N) is 2. The molecule has 7 N–H and O–H groups in total. The molecule has 0 radical (unpaired) electrons. The van der Waals surface area contributed by atoms with E-state index in [9.17, 15) is 29.7 Å². The number of carboxylic acid groups (broad SMARTS) is 2. The molecule has 4 aromatic rings. The first-order valence-electron chi connectivity index (χ1n) is 12.5. The lowest BCUT2D eigenvalue weighted by Gasteiger charge is -2.32. The number of aliphatic hydroxyl groups is 1. The molecule has 0 fully saturated rings. The highest BCUT2D eigenvalue weighted by Crippen LogP contribution is 2.31. The third-order valence-corrected chi connectivity index (χ3v) is 6.36. The lowest BCUT2D eigenvalue weighted by atomic mass is 9.99. The van der Waals surface area contributed by atoms with Crippen LogP contribution in [0.3, 0.4) is 0 Å². The van der Waals surface area contributed by atoms with Crippen LogP contribution in [-0.2, 0) is 16.0 Å². The van der Waals surface area contributed by atoms with Crippen molar-refractivity contribution in [2.45, 2.75) is 18.7 Å². The predicted molar refractivity (Wildman–Crippen MR) is 152 cm³/mol. The number of carbonyl (C=O) groups is 3. The minimum Gasteiger partial charge on any atom is -0.480 e. The summed E-state index contributed by atoms with van der Waals surface area (Å²) in [6.07, 6.45) is -1.58. The van der Waals surface area contributed by atoms with Gasteiger partial charge >= 0.3 is 17.9 Å². The second kappa shape index (κ2) is 12.7. The molecule has 0 aromatic heterocycles.